The van der Waals surface area contributed by atoms with E-state index >= 15 is 0 Å². The lowest BCUT2D eigenvalue weighted by Gasteiger charge is -2.26. The highest BCUT2D eigenvalue weighted by Crippen LogP contribution is 2.24. The number of hydrogen-bond donors (Lipinski definition) is 2. The first-order valence-corrected chi connectivity index (χ1v) is 11.3. The van der Waals surface area contributed by atoms with E-state index in [1.54, 1.807) is 24.3 Å². The Labute approximate surface area is 176 Å². The zero-order valence-corrected chi connectivity index (χ0v) is 17.3. The first kappa shape index (κ1) is 21.8. The summed E-state index contributed by atoms with van der Waals surface area (Å²) in [6, 6.07) is 11.2. The molecule has 0 unspecified atom stereocenters. The third-order valence-corrected chi connectivity index (χ3v) is 5.84. The number of furan rings is 1. The molecule has 2 aromatic rings. The van der Waals surface area contributed by atoms with Crippen molar-refractivity contribution in [3.63, 3.8) is 0 Å². The molecule has 0 aliphatic carbocycles. The smallest absolute Gasteiger partial charge is 0.262 e. The molecule has 1 aliphatic heterocycles. The molecule has 0 spiro atoms. The van der Waals surface area contributed by atoms with Crippen LogP contribution in [-0.4, -0.2) is 45.4 Å². The number of benzene rings is 1. The largest absolute Gasteiger partial charge is 0.457 e. The van der Waals surface area contributed by atoms with E-state index in [2.05, 4.69) is 10.2 Å². The maximum Gasteiger partial charge on any atom is 0.262 e. The molecule has 1 aromatic carbocycles. The number of piperidine rings is 1. The molecule has 3 N–H and O–H groups in total. The minimum atomic E-state index is -3.76. The van der Waals surface area contributed by atoms with Crippen molar-refractivity contribution in [3.8, 4) is 17.4 Å². The number of carbonyl (C=O) groups is 1. The maximum atomic E-state index is 12.3. The molecule has 1 aliphatic rings. The van der Waals surface area contributed by atoms with Gasteiger partial charge in [-0.2, -0.15) is 5.26 Å². The molecular formula is C21H24N4O4S. The van der Waals surface area contributed by atoms with Crippen LogP contribution < -0.4 is 10.5 Å². The highest BCUT2D eigenvalue weighted by molar-refractivity contribution is 7.89. The topological polar surface area (TPSA) is 129 Å². The molecule has 158 valence electrons. The normalized spacial score (nSPS) is 15.5. The van der Waals surface area contributed by atoms with Crippen molar-refractivity contribution in [2.45, 2.75) is 24.2 Å². The summed E-state index contributed by atoms with van der Waals surface area (Å²) in [6.07, 6.45) is 5.01. The average Bonchev–Trinajstić information content (AvgIpc) is 3.21. The molecule has 8 nitrogen and oxygen atoms in total. The Morgan fingerprint density at radius 2 is 1.87 bits per heavy atom. The van der Waals surface area contributed by atoms with Crippen LogP contribution in [0.5, 0.6) is 0 Å². The van der Waals surface area contributed by atoms with Gasteiger partial charge in [-0.3, -0.25) is 4.79 Å². The summed E-state index contributed by atoms with van der Waals surface area (Å²) in [5.41, 5.74) is 0.602. The maximum absolute atomic E-state index is 12.3. The minimum absolute atomic E-state index is 0.00548. The van der Waals surface area contributed by atoms with Crippen LogP contribution in [0.25, 0.3) is 17.4 Å². The van der Waals surface area contributed by atoms with Crippen LogP contribution in [0.1, 0.15) is 25.0 Å². The SMILES string of the molecule is N#C/C(=C/c1ccc(-c2ccc(S(N)(=O)=O)cc2)o1)C(=O)NCCN1CCCCC1. The zero-order valence-electron chi connectivity index (χ0n) is 16.5. The molecule has 30 heavy (non-hydrogen) atoms. The van der Waals surface area contributed by atoms with Gasteiger partial charge < -0.3 is 14.6 Å². The van der Waals surface area contributed by atoms with Gasteiger partial charge in [0.1, 0.15) is 23.2 Å². The predicted molar refractivity (Wildman–Crippen MR) is 112 cm³/mol. The second-order valence-corrected chi connectivity index (χ2v) is 8.66. The third-order valence-electron chi connectivity index (χ3n) is 4.91. The Bertz CT molecular complexity index is 1060. The van der Waals surface area contributed by atoms with Crippen molar-refractivity contribution >= 4 is 22.0 Å². The van der Waals surface area contributed by atoms with Crippen LogP contribution in [0.4, 0.5) is 0 Å². The van der Waals surface area contributed by atoms with E-state index in [1.807, 2.05) is 6.07 Å². The molecule has 2 heterocycles. The fourth-order valence-corrected chi connectivity index (χ4v) is 3.81. The average molecular weight is 429 g/mol. The van der Waals surface area contributed by atoms with Crippen LogP contribution in [-0.2, 0) is 14.8 Å². The van der Waals surface area contributed by atoms with Gasteiger partial charge in [0, 0.05) is 24.7 Å². The summed E-state index contributed by atoms with van der Waals surface area (Å²) in [5.74, 6) is 0.387. The zero-order chi connectivity index (χ0) is 21.6. The van der Waals surface area contributed by atoms with Crippen molar-refractivity contribution < 1.29 is 17.6 Å². The number of sulfonamides is 1. The van der Waals surface area contributed by atoms with Gasteiger partial charge in [0.05, 0.1) is 4.90 Å². The number of nitrogens with zero attached hydrogens (tertiary/aromatic N) is 2. The fraction of sp³-hybridized carbons (Fsp3) is 0.333. The molecule has 0 radical (unpaired) electrons. The summed E-state index contributed by atoms with van der Waals surface area (Å²) in [7, 11) is -3.76. The second-order valence-electron chi connectivity index (χ2n) is 7.10. The summed E-state index contributed by atoms with van der Waals surface area (Å²) < 4.78 is 28.4. The highest BCUT2D eigenvalue weighted by atomic mass is 32.2. The molecule has 9 heteroatoms. The monoisotopic (exact) mass is 428 g/mol. The van der Waals surface area contributed by atoms with Gasteiger partial charge in [-0.05, 0) is 62.3 Å². The summed E-state index contributed by atoms with van der Waals surface area (Å²) in [6.45, 7) is 3.34. The van der Waals surface area contributed by atoms with Gasteiger partial charge in [0.2, 0.25) is 10.0 Å². The molecule has 1 amide bonds. The van der Waals surface area contributed by atoms with Crippen molar-refractivity contribution in [2.75, 3.05) is 26.2 Å². The summed E-state index contributed by atoms with van der Waals surface area (Å²) in [4.78, 5) is 14.6. The van der Waals surface area contributed by atoms with E-state index in [-0.39, 0.29) is 10.5 Å². The molecule has 0 saturated carbocycles. The van der Waals surface area contributed by atoms with Crippen molar-refractivity contribution in [1.29, 1.82) is 5.26 Å². The number of likely N-dealkylation sites (tertiary alicyclic amines) is 1. The molecule has 1 saturated heterocycles. The lowest BCUT2D eigenvalue weighted by molar-refractivity contribution is -0.117. The molecule has 3 rings (SSSR count). The summed E-state index contributed by atoms with van der Waals surface area (Å²) >= 11 is 0. The Kier molecular flexibility index (Phi) is 7.05. The van der Waals surface area contributed by atoms with E-state index in [0.29, 0.717) is 23.6 Å². The number of amides is 1. The van der Waals surface area contributed by atoms with E-state index in [1.165, 1.54) is 37.5 Å². The molecule has 0 atom stereocenters. The van der Waals surface area contributed by atoms with E-state index in [9.17, 15) is 18.5 Å². The van der Waals surface area contributed by atoms with Crippen LogP contribution in [0.15, 0.2) is 51.3 Å². The number of hydrogen-bond acceptors (Lipinski definition) is 6. The lowest BCUT2D eigenvalue weighted by Crippen LogP contribution is -2.37. The van der Waals surface area contributed by atoms with Crippen molar-refractivity contribution in [3.05, 3.63) is 47.7 Å². The van der Waals surface area contributed by atoms with Gasteiger partial charge in [0.15, 0.2) is 0 Å². The number of nitriles is 1. The van der Waals surface area contributed by atoms with Crippen LogP contribution >= 0.6 is 0 Å². The minimum Gasteiger partial charge on any atom is -0.457 e. The fourth-order valence-electron chi connectivity index (χ4n) is 3.29. The van der Waals surface area contributed by atoms with Crippen molar-refractivity contribution in [2.24, 2.45) is 5.14 Å². The standard InChI is InChI=1S/C21H24N4O4S/c22-15-17(21(26)24-10-13-25-11-2-1-3-12-25)14-18-6-9-20(29-18)16-4-7-19(8-5-16)30(23,27)28/h4-9,14H,1-3,10-13H2,(H,24,26)(H2,23,27,28)/b17-14-. The third kappa shape index (κ3) is 5.79. The molecule has 0 bridgehead atoms. The summed E-state index contributed by atoms with van der Waals surface area (Å²) in [5, 5.41) is 17.2. The molecule has 1 aromatic heterocycles. The van der Waals surface area contributed by atoms with Crippen LogP contribution in [0.2, 0.25) is 0 Å². The number of primary sulfonamides is 1. The van der Waals surface area contributed by atoms with E-state index < -0.39 is 15.9 Å². The predicted octanol–water partition coefficient (Wildman–Crippen LogP) is 2.10. The lowest BCUT2D eigenvalue weighted by atomic mass is 10.1. The van der Waals surface area contributed by atoms with Crippen LogP contribution in [0, 0.1) is 11.3 Å². The van der Waals surface area contributed by atoms with Crippen LogP contribution in [0.3, 0.4) is 0 Å². The Morgan fingerprint density at radius 3 is 2.50 bits per heavy atom. The number of nitrogens with one attached hydrogen (secondary N) is 1. The van der Waals surface area contributed by atoms with Gasteiger partial charge in [-0.15, -0.1) is 0 Å². The van der Waals surface area contributed by atoms with Gasteiger partial charge >= 0.3 is 0 Å². The van der Waals surface area contributed by atoms with E-state index in [4.69, 9.17) is 9.56 Å². The van der Waals surface area contributed by atoms with E-state index in [0.717, 1.165) is 19.6 Å². The van der Waals surface area contributed by atoms with Gasteiger partial charge in [0.25, 0.3) is 5.91 Å². The second kappa shape index (κ2) is 9.71. The van der Waals surface area contributed by atoms with Gasteiger partial charge in [-0.1, -0.05) is 6.42 Å². The highest BCUT2D eigenvalue weighted by Gasteiger charge is 2.14. The quantitative estimate of drug-likeness (QED) is 0.513. The Hall–Kier alpha value is -2.93. The first-order chi connectivity index (χ1) is 14.4. The number of nitrogens with two attached hydrogens (primary N) is 1. The number of carbonyl (C=O) groups excluding carboxylic acids is 1. The first-order valence-electron chi connectivity index (χ1n) is 9.72. The molecule has 1 fully saturated rings. The Morgan fingerprint density at radius 1 is 1.17 bits per heavy atom. The molecular weight excluding hydrogens is 404 g/mol. The Balaban J connectivity index is 1.62. The van der Waals surface area contributed by atoms with Gasteiger partial charge in [-0.25, -0.2) is 13.6 Å². The number of rotatable bonds is 7. The van der Waals surface area contributed by atoms with Crippen molar-refractivity contribution in [1.82, 2.24) is 10.2 Å².